The van der Waals surface area contributed by atoms with Gasteiger partial charge in [0.25, 0.3) is 0 Å². The Morgan fingerprint density at radius 2 is 2.19 bits per heavy atom. The van der Waals surface area contributed by atoms with E-state index in [1.807, 2.05) is 0 Å². The van der Waals surface area contributed by atoms with Gasteiger partial charge in [-0.1, -0.05) is 32.9 Å². The third kappa shape index (κ3) is 5.68. The number of likely N-dealkylation sites (tertiary alicyclic amines) is 1. The van der Waals surface area contributed by atoms with E-state index < -0.39 is 0 Å². The highest BCUT2D eigenvalue weighted by Crippen LogP contribution is 2.28. The van der Waals surface area contributed by atoms with Gasteiger partial charge in [-0.05, 0) is 49.0 Å². The predicted octanol–water partition coefficient (Wildman–Crippen LogP) is 3.30. The average molecular weight is 290 g/mol. The summed E-state index contributed by atoms with van der Waals surface area (Å²) >= 11 is 0. The van der Waals surface area contributed by atoms with Crippen LogP contribution in [0.1, 0.15) is 39.2 Å². The zero-order chi connectivity index (χ0) is 15.1. The van der Waals surface area contributed by atoms with Crippen molar-refractivity contribution < 1.29 is 4.74 Å². The van der Waals surface area contributed by atoms with E-state index in [9.17, 15) is 0 Å². The molecule has 0 aromatic heterocycles. The van der Waals surface area contributed by atoms with E-state index >= 15 is 0 Å². The molecule has 1 N–H and O–H groups in total. The van der Waals surface area contributed by atoms with Gasteiger partial charge >= 0.3 is 0 Å². The molecule has 0 aliphatic carbocycles. The van der Waals surface area contributed by atoms with Gasteiger partial charge in [-0.2, -0.15) is 0 Å². The van der Waals surface area contributed by atoms with Crippen molar-refractivity contribution in [3.63, 3.8) is 0 Å². The number of nitrogens with zero attached hydrogens (tertiary/aromatic N) is 1. The fraction of sp³-hybridized carbons (Fsp3) is 0.667. The minimum atomic E-state index is 0.462. The number of ether oxygens (including phenoxy) is 1. The van der Waals surface area contributed by atoms with E-state index in [4.69, 9.17) is 4.74 Å². The number of rotatable bonds is 7. The highest BCUT2D eigenvalue weighted by atomic mass is 16.5. The Morgan fingerprint density at radius 1 is 1.33 bits per heavy atom. The zero-order valence-electron chi connectivity index (χ0n) is 13.8. The predicted molar refractivity (Wildman–Crippen MR) is 88.8 cm³/mol. The summed E-state index contributed by atoms with van der Waals surface area (Å²) in [6.45, 7) is 13.0. The summed E-state index contributed by atoms with van der Waals surface area (Å²) < 4.78 is 5.93. The van der Waals surface area contributed by atoms with Gasteiger partial charge in [-0.25, -0.2) is 0 Å². The second kappa shape index (κ2) is 7.81. The molecule has 1 heterocycles. The van der Waals surface area contributed by atoms with Crippen LogP contribution in [-0.4, -0.2) is 37.7 Å². The molecule has 1 aliphatic rings. The van der Waals surface area contributed by atoms with Crippen LogP contribution >= 0.6 is 0 Å². The molecule has 118 valence electrons. The standard InChI is InChI=1S/C18H30N2O/c1-4-19-14-16-7-5-8-17(13-16)21-12-11-20-10-6-9-18(2,3)15-20/h5,7-8,13,19H,4,6,9-12,14-15H2,1-3H3. The van der Waals surface area contributed by atoms with E-state index in [0.29, 0.717) is 5.41 Å². The maximum absolute atomic E-state index is 5.93. The first-order valence-electron chi connectivity index (χ1n) is 8.24. The van der Waals surface area contributed by atoms with Gasteiger partial charge in [0.1, 0.15) is 12.4 Å². The monoisotopic (exact) mass is 290 g/mol. The van der Waals surface area contributed by atoms with Crippen molar-refractivity contribution >= 4 is 0 Å². The Morgan fingerprint density at radius 3 is 2.95 bits per heavy atom. The van der Waals surface area contributed by atoms with Crippen molar-refractivity contribution in [1.82, 2.24) is 10.2 Å². The molecule has 0 unspecified atom stereocenters. The molecule has 0 saturated carbocycles. The van der Waals surface area contributed by atoms with Crippen molar-refractivity contribution in [3.8, 4) is 5.75 Å². The van der Waals surface area contributed by atoms with Crippen LogP contribution in [0.3, 0.4) is 0 Å². The number of nitrogens with one attached hydrogen (secondary N) is 1. The first-order valence-corrected chi connectivity index (χ1v) is 8.24. The quantitative estimate of drug-likeness (QED) is 0.834. The molecule has 1 aromatic carbocycles. The molecule has 0 radical (unpaired) electrons. The third-order valence-corrected chi connectivity index (χ3v) is 4.13. The van der Waals surface area contributed by atoms with E-state index in [1.165, 1.54) is 31.5 Å². The molecule has 2 rings (SSSR count). The summed E-state index contributed by atoms with van der Waals surface area (Å²) in [4.78, 5) is 2.53. The molecule has 0 spiro atoms. The van der Waals surface area contributed by atoms with Gasteiger partial charge in [-0.3, -0.25) is 4.90 Å². The van der Waals surface area contributed by atoms with Crippen molar-refractivity contribution in [2.75, 3.05) is 32.8 Å². The molecular formula is C18H30N2O. The van der Waals surface area contributed by atoms with Crippen molar-refractivity contribution in [2.24, 2.45) is 5.41 Å². The lowest BCUT2D eigenvalue weighted by atomic mass is 9.84. The van der Waals surface area contributed by atoms with Crippen molar-refractivity contribution in [2.45, 2.75) is 40.2 Å². The molecular weight excluding hydrogens is 260 g/mol. The number of hydrogen-bond acceptors (Lipinski definition) is 3. The lowest BCUT2D eigenvalue weighted by Crippen LogP contribution is -2.41. The van der Waals surface area contributed by atoms with E-state index in [0.717, 1.165) is 32.0 Å². The second-order valence-corrected chi connectivity index (χ2v) is 6.82. The topological polar surface area (TPSA) is 24.5 Å². The zero-order valence-corrected chi connectivity index (χ0v) is 13.8. The Bertz CT molecular complexity index is 431. The van der Waals surface area contributed by atoms with E-state index in [1.54, 1.807) is 0 Å². The molecule has 0 atom stereocenters. The van der Waals surface area contributed by atoms with Gasteiger partial charge in [0, 0.05) is 19.6 Å². The van der Waals surface area contributed by atoms with Crippen LogP contribution < -0.4 is 10.1 Å². The third-order valence-electron chi connectivity index (χ3n) is 4.13. The summed E-state index contributed by atoms with van der Waals surface area (Å²) in [6.07, 6.45) is 2.65. The summed E-state index contributed by atoms with van der Waals surface area (Å²) in [7, 11) is 0. The minimum absolute atomic E-state index is 0.462. The van der Waals surface area contributed by atoms with Crippen LogP contribution in [0, 0.1) is 5.41 Å². The Labute approximate surface area is 129 Å². The normalized spacial score (nSPS) is 18.6. The van der Waals surface area contributed by atoms with Crippen molar-refractivity contribution in [3.05, 3.63) is 29.8 Å². The summed E-state index contributed by atoms with van der Waals surface area (Å²) in [6, 6.07) is 8.41. The lowest BCUT2D eigenvalue weighted by Gasteiger charge is -2.37. The van der Waals surface area contributed by atoms with Gasteiger partial charge < -0.3 is 10.1 Å². The molecule has 1 aromatic rings. The molecule has 0 amide bonds. The molecule has 3 nitrogen and oxygen atoms in total. The summed E-state index contributed by atoms with van der Waals surface area (Å²) in [5.74, 6) is 0.988. The first kappa shape index (κ1) is 16.3. The highest BCUT2D eigenvalue weighted by Gasteiger charge is 2.25. The average Bonchev–Trinajstić information content (AvgIpc) is 2.45. The fourth-order valence-electron chi connectivity index (χ4n) is 3.04. The van der Waals surface area contributed by atoms with Crippen LogP contribution in [0.15, 0.2) is 24.3 Å². The molecule has 0 bridgehead atoms. The lowest BCUT2D eigenvalue weighted by molar-refractivity contribution is 0.102. The Hall–Kier alpha value is -1.06. The first-order chi connectivity index (χ1) is 10.1. The van der Waals surface area contributed by atoms with Gasteiger partial charge in [0.2, 0.25) is 0 Å². The second-order valence-electron chi connectivity index (χ2n) is 6.82. The minimum Gasteiger partial charge on any atom is -0.492 e. The molecule has 1 fully saturated rings. The van der Waals surface area contributed by atoms with Crippen molar-refractivity contribution in [1.29, 1.82) is 0 Å². The molecule has 1 aliphatic heterocycles. The maximum Gasteiger partial charge on any atom is 0.119 e. The van der Waals surface area contributed by atoms with Gasteiger partial charge in [-0.15, -0.1) is 0 Å². The Kier molecular flexibility index (Phi) is 6.07. The molecule has 3 heteroatoms. The molecule has 1 saturated heterocycles. The largest absolute Gasteiger partial charge is 0.492 e. The van der Waals surface area contributed by atoms with Gasteiger partial charge in [0.05, 0.1) is 0 Å². The maximum atomic E-state index is 5.93. The van der Waals surface area contributed by atoms with Gasteiger partial charge in [0.15, 0.2) is 0 Å². The smallest absolute Gasteiger partial charge is 0.119 e. The highest BCUT2D eigenvalue weighted by molar-refractivity contribution is 5.28. The SMILES string of the molecule is CCNCc1cccc(OCCN2CCCC(C)(C)C2)c1. The van der Waals surface area contributed by atoms with E-state index in [-0.39, 0.29) is 0 Å². The fourth-order valence-corrected chi connectivity index (χ4v) is 3.04. The summed E-state index contributed by atoms with van der Waals surface area (Å²) in [5.41, 5.74) is 1.75. The number of piperidine rings is 1. The molecule has 21 heavy (non-hydrogen) atoms. The Balaban J connectivity index is 1.75. The van der Waals surface area contributed by atoms with E-state index in [2.05, 4.69) is 55.3 Å². The van der Waals surface area contributed by atoms with Crippen LogP contribution in [-0.2, 0) is 6.54 Å². The van der Waals surface area contributed by atoms with Crippen LogP contribution in [0.25, 0.3) is 0 Å². The number of hydrogen-bond donors (Lipinski definition) is 1. The van der Waals surface area contributed by atoms with Crippen LogP contribution in [0.2, 0.25) is 0 Å². The van der Waals surface area contributed by atoms with Crippen LogP contribution in [0.5, 0.6) is 5.75 Å². The number of benzene rings is 1. The summed E-state index contributed by atoms with van der Waals surface area (Å²) in [5, 5.41) is 3.34. The van der Waals surface area contributed by atoms with Crippen LogP contribution in [0.4, 0.5) is 0 Å².